The van der Waals surface area contributed by atoms with Crippen LogP contribution in [0.4, 0.5) is 0 Å². The number of nitrogens with one attached hydrogen (secondary N) is 1. The molecule has 1 aromatic rings. The average molecular weight is 296 g/mol. The molecule has 20 heavy (non-hydrogen) atoms. The maximum absolute atomic E-state index is 12.1. The molecule has 0 unspecified atom stereocenters. The van der Waals surface area contributed by atoms with Crippen LogP contribution in [-0.4, -0.2) is 21.5 Å². The number of sulfonamides is 1. The standard InChI is InChI=1S/C15H24N2O2S/c16-12-15(9-5-2-6-10-15)13-17-20(18,19)11-14-7-3-1-4-8-14/h1,3-4,7-8,17H,2,5-6,9-13,16H2. The van der Waals surface area contributed by atoms with Crippen molar-refractivity contribution < 1.29 is 8.42 Å². The largest absolute Gasteiger partial charge is 0.330 e. The predicted molar refractivity (Wildman–Crippen MR) is 81.6 cm³/mol. The fraction of sp³-hybridized carbons (Fsp3) is 0.600. The summed E-state index contributed by atoms with van der Waals surface area (Å²) in [6.07, 6.45) is 5.59. The molecule has 2 rings (SSSR count). The van der Waals surface area contributed by atoms with Gasteiger partial charge in [0, 0.05) is 6.54 Å². The molecule has 0 saturated heterocycles. The lowest BCUT2D eigenvalue weighted by molar-refractivity contribution is 0.202. The average Bonchev–Trinajstić information content (AvgIpc) is 2.47. The molecule has 1 fully saturated rings. The summed E-state index contributed by atoms with van der Waals surface area (Å²) in [6, 6.07) is 9.26. The topological polar surface area (TPSA) is 72.2 Å². The normalized spacial score (nSPS) is 18.9. The van der Waals surface area contributed by atoms with Crippen LogP contribution in [0.15, 0.2) is 30.3 Å². The first-order valence-electron chi connectivity index (χ1n) is 7.27. The summed E-state index contributed by atoms with van der Waals surface area (Å²) >= 11 is 0. The number of nitrogens with two attached hydrogens (primary N) is 1. The van der Waals surface area contributed by atoms with Crippen molar-refractivity contribution in [2.75, 3.05) is 13.1 Å². The van der Waals surface area contributed by atoms with Crippen LogP contribution in [0.2, 0.25) is 0 Å². The summed E-state index contributed by atoms with van der Waals surface area (Å²) in [7, 11) is -3.29. The van der Waals surface area contributed by atoms with E-state index in [0.717, 1.165) is 31.2 Å². The van der Waals surface area contributed by atoms with Gasteiger partial charge >= 0.3 is 0 Å². The molecule has 0 amide bonds. The molecule has 0 aliphatic heterocycles. The Labute approximate surface area is 121 Å². The minimum Gasteiger partial charge on any atom is -0.330 e. The molecule has 1 aliphatic rings. The third-order valence-corrected chi connectivity index (χ3v) is 5.51. The molecule has 1 saturated carbocycles. The number of hydrogen-bond donors (Lipinski definition) is 2. The first-order chi connectivity index (χ1) is 9.55. The van der Waals surface area contributed by atoms with Crippen LogP contribution in [-0.2, 0) is 15.8 Å². The lowest BCUT2D eigenvalue weighted by atomic mass is 9.74. The monoisotopic (exact) mass is 296 g/mol. The zero-order valence-corrected chi connectivity index (χ0v) is 12.7. The van der Waals surface area contributed by atoms with E-state index in [0.29, 0.717) is 13.1 Å². The molecule has 0 atom stereocenters. The Bertz CT molecular complexity index is 508. The van der Waals surface area contributed by atoms with Gasteiger partial charge in [-0.1, -0.05) is 49.6 Å². The fourth-order valence-electron chi connectivity index (χ4n) is 2.86. The van der Waals surface area contributed by atoms with Gasteiger partial charge < -0.3 is 5.73 Å². The van der Waals surface area contributed by atoms with Crippen molar-refractivity contribution in [3.05, 3.63) is 35.9 Å². The SMILES string of the molecule is NCC1(CNS(=O)(=O)Cc2ccccc2)CCCCC1. The minimum atomic E-state index is -3.29. The second-order valence-electron chi connectivity index (χ2n) is 5.83. The van der Waals surface area contributed by atoms with Gasteiger partial charge in [0.05, 0.1) is 5.75 Å². The van der Waals surface area contributed by atoms with Crippen LogP contribution >= 0.6 is 0 Å². The number of benzene rings is 1. The van der Waals surface area contributed by atoms with Crippen molar-refractivity contribution >= 4 is 10.0 Å². The Kier molecular flexibility index (Phi) is 5.18. The summed E-state index contributed by atoms with van der Waals surface area (Å²) in [5.41, 5.74) is 6.66. The fourth-order valence-corrected chi connectivity index (χ4v) is 4.12. The van der Waals surface area contributed by atoms with E-state index in [4.69, 9.17) is 5.73 Å². The van der Waals surface area contributed by atoms with Gasteiger partial charge in [0.2, 0.25) is 10.0 Å². The first kappa shape index (κ1) is 15.5. The third kappa shape index (κ3) is 4.30. The predicted octanol–water partition coefficient (Wildman–Crippen LogP) is 2.02. The van der Waals surface area contributed by atoms with Crippen molar-refractivity contribution in [3.63, 3.8) is 0 Å². The molecular weight excluding hydrogens is 272 g/mol. The number of hydrogen-bond acceptors (Lipinski definition) is 3. The van der Waals surface area contributed by atoms with Crippen LogP contribution in [0.3, 0.4) is 0 Å². The second-order valence-corrected chi connectivity index (χ2v) is 7.64. The molecule has 1 aromatic carbocycles. The van der Waals surface area contributed by atoms with Gasteiger partial charge in [-0.2, -0.15) is 0 Å². The van der Waals surface area contributed by atoms with E-state index in [1.54, 1.807) is 0 Å². The van der Waals surface area contributed by atoms with Gasteiger partial charge in [-0.25, -0.2) is 13.1 Å². The molecule has 5 heteroatoms. The van der Waals surface area contributed by atoms with Gasteiger partial charge in [0.25, 0.3) is 0 Å². The highest BCUT2D eigenvalue weighted by atomic mass is 32.2. The van der Waals surface area contributed by atoms with Gasteiger partial charge in [0.1, 0.15) is 0 Å². The first-order valence-corrected chi connectivity index (χ1v) is 8.92. The van der Waals surface area contributed by atoms with Crippen molar-refractivity contribution in [1.82, 2.24) is 4.72 Å². The Morgan fingerprint density at radius 1 is 1.10 bits per heavy atom. The summed E-state index contributed by atoms with van der Waals surface area (Å²) in [6.45, 7) is 1.03. The molecule has 112 valence electrons. The quantitative estimate of drug-likeness (QED) is 0.843. The van der Waals surface area contributed by atoms with E-state index in [-0.39, 0.29) is 11.2 Å². The van der Waals surface area contributed by atoms with E-state index in [1.807, 2.05) is 30.3 Å². The summed E-state index contributed by atoms with van der Waals surface area (Å²) in [4.78, 5) is 0. The molecule has 3 N–H and O–H groups in total. The number of rotatable bonds is 6. The molecular formula is C15H24N2O2S. The van der Waals surface area contributed by atoms with Gasteiger partial charge in [-0.05, 0) is 30.4 Å². The highest BCUT2D eigenvalue weighted by molar-refractivity contribution is 7.88. The molecule has 0 spiro atoms. The summed E-state index contributed by atoms with van der Waals surface area (Å²) < 4.78 is 27.1. The Hall–Kier alpha value is -0.910. The smallest absolute Gasteiger partial charge is 0.215 e. The Morgan fingerprint density at radius 3 is 2.35 bits per heavy atom. The highest BCUT2D eigenvalue weighted by Crippen LogP contribution is 2.34. The highest BCUT2D eigenvalue weighted by Gasteiger charge is 2.31. The lowest BCUT2D eigenvalue weighted by Crippen LogP contribution is -2.44. The van der Waals surface area contributed by atoms with Crippen molar-refractivity contribution in [3.8, 4) is 0 Å². The molecule has 0 aromatic heterocycles. The van der Waals surface area contributed by atoms with E-state index in [1.165, 1.54) is 6.42 Å². The molecule has 0 heterocycles. The zero-order chi connectivity index (χ0) is 14.5. The van der Waals surface area contributed by atoms with Gasteiger partial charge in [0.15, 0.2) is 0 Å². The van der Waals surface area contributed by atoms with Gasteiger partial charge in [-0.3, -0.25) is 0 Å². The van der Waals surface area contributed by atoms with Gasteiger partial charge in [-0.15, -0.1) is 0 Å². The maximum Gasteiger partial charge on any atom is 0.215 e. The van der Waals surface area contributed by atoms with Crippen LogP contribution < -0.4 is 10.5 Å². The summed E-state index contributed by atoms with van der Waals surface area (Å²) in [5, 5.41) is 0. The van der Waals surface area contributed by atoms with E-state index in [2.05, 4.69) is 4.72 Å². The van der Waals surface area contributed by atoms with Crippen molar-refractivity contribution in [2.24, 2.45) is 11.1 Å². The van der Waals surface area contributed by atoms with Crippen LogP contribution in [0.1, 0.15) is 37.7 Å². The Morgan fingerprint density at radius 2 is 1.75 bits per heavy atom. The molecule has 4 nitrogen and oxygen atoms in total. The van der Waals surface area contributed by atoms with E-state index in [9.17, 15) is 8.42 Å². The van der Waals surface area contributed by atoms with Crippen molar-refractivity contribution in [2.45, 2.75) is 37.9 Å². The van der Waals surface area contributed by atoms with Crippen LogP contribution in [0.25, 0.3) is 0 Å². The lowest BCUT2D eigenvalue weighted by Gasteiger charge is -2.36. The Balaban J connectivity index is 1.94. The second kappa shape index (κ2) is 6.70. The molecule has 0 bridgehead atoms. The maximum atomic E-state index is 12.1. The van der Waals surface area contributed by atoms with Crippen LogP contribution in [0, 0.1) is 5.41 Å². The third-order valence-electron chi connectivity index (χ3n) is 4.21. The van der Waals surface area contributed by atoms with Crippen molar-refractivity contribution in [1.29, 1.82) is 0 Å². The summed E-state index contributed by atoms with van der Waals surface area (Å²) in [5.74, 6) is 0.0362. The van der Waals surface area contributed by atoms with E-state index < -0.39 is 10.0 Å². The minimum absolute atomic E-state index is 0.0362. The van der Waals surface area contributed by atoms with E-state index >= 15 is 0 Å². The molecule has 0 radical (unpaired) electrons. The van der Waals surface area contributed by atoms with Crippen LogP contribution in [0.5, 0.6) is 0 Å². The molecule has 1 aliphatic carbocycles. The zero-order valence-electron chi connectivity index (χ0n) is 11.8.